The minimum Gasteiger partial charge on any atom is -0.335 e. The first-order chi connectivity index (χ1) is 19.5. The van der Waals surface area contributed by atoms with Gasteiger partial charge in [-0.05, 0) is 88.8 Å². The Morgan fingerprint density at radius 1 is 0.805 bits per heavy atom. The van der Waals surface area contributed by atoms with Crippen molar-refractivity contribution in [3.05, 3.63) is 71.3 Å². The summed E-state index contributed by atoms with van der Waals surface area (Å²) < 4.78 is 49.7. The number of amides is 2. The molecule has 7 nitrogen and oxygen atoms in total. The first kappa shape index (κ1) is 33.4. The predicted octanol–water partition coefficient (Wildman–Crippen LogP) is 7.42. The van der Waals surface area contributed by atoms with E-state index in [2.05, 4.69) is 15.9 Å². The van der Waals surface area contributed by atoms with Gasteiger partial charge in [-0.25, -0.2) is 8.78 Å². The van der Waals surface area contributed by atoms with Gasteiger partial charge in [0.25, 0.3) is 0 Å². The van der Waals surface area contributed by atoms with Crippen LogP contribution in [0.1, 0.15) is 76.6 Å². The molecule has 0 radical (unpaired) electrons. The number of hydrogen-bond donors (Lipinski definition) is 0. The molecule has 0 spiro atoms. The Morgan fingerprint density at radius 3 is 1.66 bits per heavy atom. The summed E-state index contributed by atoms with van der Waals surface area (Å²) in [6, 6.07) is 12.2. The molecule has 0 aliphatic carbocycles. The van der Waals surface area contributed by atoms with Crippen molar-refractivity contribution in [2.75, 3.05) is 26.3 Å². The van der Waals surface area contributed by atoms with Gasteiger partial charge in [-0.15, -0.1) is 0 Å². The van der Waals surface area contributed by atoms with Crippen molar-refractivity contribution in [1.29, 1.82) is 0 Å². The van der Waals surface area contributed by atoms with Crippen LogP contribution in [0.15, 0.2) is 48.5 Å². The number of likely N-dealkylation sites (tertiary alicyclic amines) is 2. The van der Waals surface area contributed by atoms with Crippen molar-refractivity contribution in [3.63, 3.8) is 0 Å². The Labute approximate surface area is 250 Å². The van der Waals surface area contributed by atoms with Gasteiger partial charge in [0.2, 0.25) is 11.8 Å². The van der Waals surface area contributed by atoms with Crippen molar-refractivity contribution in [2.45, 2.75) is 75.9 Å². The van der Waals surface area contributed by atoms with E-state index in [1.165, 1.54) is 24.3 Å². The molecular formula is C30H40BrF2N2O5P. The van der Waals surface area contributed by atoms with Crippen LogP contribution in [0.25, 0.3) is 0 Å². The molecule has 0 N–H and O–H groups in total. The van der Waals surface area contributed by atoms with Crippen LogP contribution in [0.2, 0.25) is 0 Å². The lowest BCUT2D eigenvalue weighted by Crippen LogP contribution is -2.45. The van der Waals surface area contributed by atoms with Gasteiger partial charge < -0.3 is 18.8 Å². The molecule has 41 heavy (non-hydrogen) atoms. The highest BCUT2D eigenvalue weighted by atomic mass is 79.9. The van der Waals surface area contributed by atoms with Gasteiger partial charge in [0.15, 0.2) is 0 Å². The normalized spacial score (nSPS) is 21.2. The van der Waals surface area contributed by atoms with Gasteiger partial charge in [0.1, 0.15) is 17.3 Å². The lowest BCUT2D eigenvalue weighted by molar-refractivity contribution is -0.136. The second-order valence-corrected chi connectivity index (χ2v) is 13.5. The van der Waals surface area contributed by atoms with E-state index >= 15 is 0 Å². The summed E-state index contributed by atoms with van der Waals surface area (Å²) in [5, 5.41) is 0. The molecule has 2 aliphatic heterocycles. The number of piperidine rings is 2. The lowest BCUT2D eigenvalue weighted by atomic mass is 10.0. The van der Waals surface area contributed by atoms with Gasteiger partial charge in [-0.1, -0.05) is 40.2 Å². The Balaban J connectivity index is 0.000000239. The van der Waals surface area contributed by atoms with E-state index in [1.807, 2.05) is 18.7 Å². The molecule has 226 valence electrons. The second kappa shape index (κ2) is 15.4. The van der Waals surface area contributed by atoms with Gasteiger partial charge >= 0.3 is 7.60 Å². The molecule has 0 aromatic heterocycles. The number of halogens is 3. The zero-order valence-corrected chi connectivity index (χ0v) is 26.6. The van der Waals surface area contributed by atoms with Crippen LogP contribution in [-0.2, 0) is 23.2 Å². The van der Waals surface area contributed by atoms with Gasteiger partial charge in [-0.3, -0.25) is 14.2 Å². The fraction of sp³-hybridized carbons (Fsp3) is 0.533. The van der Waals surface area contributed by atoms with E-state index in [0.717, 1.165) is 36.9 Å². The lowest BCUT2D eigenvalue weighted by Gasteiger charge is -2.38. The number of hydrogen-bond acceptors (Lipinski definition) is 5. The first-order valence-electron chi connectivity index (χ1n) is 14.2. The zero-order valence-electron chi connectivity index (χ0n) is 24.1. The highest BCUT2D eigenvalue weighted by Crippen LogP contribution is 2.56. The van der Waals surface area contributed by atoms with Gasteiger partial charge in [0, 0.05) is 13.1 Å². The van der Waals surface area contributed by atoms with E-state index in [9.17, 15) is 22.9 Å². The molecule has 0 saturated carbocycles. The van der Waals surface area contributed by atoms with Crippen LogP contribution in [0, 0.1) is 11.6 Å². The summed E-state index contributed by atoms with van der Waals surface area (Å²) in [5.41, 5.74) is 1.04. The van der Waals surface area contributed by atoms with Crippen LogP contribution in [0.4, 0.5) is 8.78 Å². The maximum Gasteiger partial charge on any atom is 0.343 e. The second-order valence-electron chi connectivity index (χ2n) is 10.2. The highest BCUT2D eigenvalue weighted by molar-refractivity contribution is 9.10. The summed E-state index contributed by atoms with van der Waals surface area (Å²) in [6.07, 6.45) is 3.12. The molecule has 2 fully saturated rings. The van der Waals surface area contributed by atoms with E-state index in [1.54, 1.807) is 43.0 Å². The van der Waals surface area contributed by atoms with E-state index < -0.39 is 13.3 Å². The maximum atomic E-state index is 13.1. The monoisotopic (exact) mass is 656 g/mol. The molecule has 2 heterocycles. The maximum absolute atomic E-state index is 13.1. The third-order valence-electron chi connectivity index (χ3n) is 7.49. The third-order valence-corrected chi connectivity index (χ3v) is 10.8. The number of alkyl halides is 1. The largest absolute Gasteiger partial charge is 0.343 e. The molecule has 2 aromatic rings. The number of carbonyl (C=O) groups excluding carboxylic acids is 2. The molecule has 2 aliphatic rings. The van der Waals surface area contributed by atoms with Crippen molar-refractivity contribution < 1.29 is 32.0 Å². The highest BCUT2D eigenvalue weighted by Gasteiger charge is 2.45. The third kappa shape index (κ3) is 8.46. The number of benzene rings is 2. The molecule has 2 saturated heterocycles. The molecule has 11 heteroatoms. The SMILES string of the molecule is CCOP(=O)(OCC)C1CCCN([C@@H](C)c2ccc(F)cc2)C1=O.C[C@@H](c1ccc(F)cc1)N1CCCC(Br)C1=O. The van der Waals surface area contributed by atoms with Crippen molar-refractivity contribution in [3.8, 4) is 0 Å². The Bertz CT molecular complexity index is 1190. The fourth-order valence-electron chi connectivity index (χ4n) is 5.22. The quantitative estimate of drug-likeness (QED) is 0.207. The minimum absolute atomic E-state index is 0.00319. The number of nitrogens with zero attached hydrogens (tertiary/aromatic N) is 2. The van der Waals surface area contributed by atoms with Crippen molar-refractivity contribution in [1.82, 2.24) is 9.80 Å². The van der Waals surface area contributed by atoms with Crippen LogP contribution < -0.4 is 0 Å². The molecule has 2 aromatic carbocycles. The van der Waals surface area contributed by atoms with E-state index in [4.69, 9.17) is 9.05 Å². The Kier molecular flexibility index (Phi) is 12.5. The van der Waals surface area contributed by atoms with Crippen molar-refractivity contribution >= 4 is 35.3 Å². The number of rotatable bonds is 9. The first-order valence-corrected chi connectivity index (χ1v) is 16.7. The summed E-state index contributed by atoms with van der Waals surface area (Å²) in [7, 11) is -3.48. The van der Waals surface area contributed by atoms with Gasteiger partial charge in [-0.2, -0.15) is 0 Å². The van der Waals surface area contributed by atoms with Crippen LogP contribution >= 0.6 is 23.5 Å². The molecule has 4 rings (SSSR count). The summed E-state index contributed by atoms with van der Waals surface area (Å²) >= 11 is 3.40. The average Bonchev–Trinajstić information content (AvgIpc) is 2.95. The number of carbonyl (C=O) groups is 2. The van der Waals surface area contributed by atoms with Crippen LogP contribution in [-0.4, -0.2) is 58.4 Å². The summed E-state index contributed by atoms with van der Waals surface area (Å²) in [5.74, 6) is -0.647. The summed E-state index contributed by atoms with van der Waals surface area (Å²) in [4.78, 5) is 28.4. The smallest absolute Gasteiger partial charge is 0.335 e. The van der Waals surface area contributed by atoms with Gasteiger partial charge in [0.05, 0.1) is 30.1 Å². The fourth-order valence-corrected chi connectivity index (χ4v) is 7.88. The van der Waals surface area contributed by atoms with Crippen molar-refractivity contribution in [2.24, 2.45) is 0 Å². The predicted molar refractivity (Wildman–Crippen MR) is 159 cm³/mol. The Hall–Kier alpha value is -2.13. The topological polar surface area (TPSA) is 76.2 Å². The molecule has 4 atom stereocenters. The Morgan fingerprint density at radius 2 is 1.22 bits per heavy atom. The van der Waals surface area contributed by atoms with Crippen LogP contribution in [0.3, 0.4) is 0 Å². The molecule has 0 bridgehead atoms. The van der Waals surface area contributed by atoms with Crippen LogP contribution in [0.5, 0.6) is 0 Å². The standard InChI is InChI=1S/C17H25FNO4P.C13H15BrFNO/c1-4-22-24(21,23-5-2)16-7-6-12-19(17(16)20)13(3)14-8-10-15(18)11-9-14;1-9(10-4-6-11(15)7-5-10)16-8-2-3-12(14)13(16)17/h8-11,13,16H,4-7,12H2,1-3H3;4-7,9,12H,2-3,8H2,1H3/t13-,16?;9-,12?/m00/s1. The average molecular weight is 658 g/mol. The van der Waals surface area contributed by atoms with E-state index in [0.29, 0.717) is 13.0 Å². The zero-order chi connectivity index (χ0) is 30.2. The summed E-state index contributed by atoms with van der Waals surface area (Å²) in [6.45, 7) is 9.15. The minimum atomic E-state index is -3.48. The molecule has 2 amide bonds. The molecular weight excluding hydrogens is 617 g/mol. The molecule has 2 unspecified atom stereocenters. The van der Waals surface area contributed by atoms with E-state index in [-0.39, 0.29) is 53.6 Å².